The maximum absolute atomic E-state index is 11.1. The second-order valence-corrected chi connectivity index (χ2v) is 9.04. The van der Waals surface area contributed by atoms with Gasteiger partial charge in [0, 0.05) is 5.39 Å². The monoisotopic (exact) mass is 322 g/mol. The third kappa shape index (κ3) is 3.36. The highest BCUT2D eigenvalue weighted by Gasteiger charge is 2.27. The van der Waals surface area contributed by atoms with E-state index < -0.39 is 15.0 Å². The predicted octanol–water partition coefficient (Wildman–Crippen LogP) is 4.39. The van der Waals surface area contributed by atoms with E-state index in [1.807, 2.05) is 12.1 Å². The van der Waals surface area contributed by atoms with Gasteiger partial charge >= 0.3 is 5.97 Å². The maximum Gasteiger partial charge on any atom is 0.338 e. The van der Waals surface area contributed by atoms with E-state index in [2.05, 4.69) is 32.3 Å². The van der Waals surface area contributed by atoms with Crippen molar-refractivity contribution >= 4 is 37.5 Å². The van der Waals surface area contributed by atoms with E-state index in [0.29, 0.717) is 16.7 Å². The summed E-state index contributed by atoms with van der Waals surface area (Å²) in [6, 6.07) is 7.00. The highest BCUT2D eigenvalue weighted by molar-refractivity contribution is 6.54. The number of benzene rings is 1. The molecule has 0 saturated heterocycles. The summed E-state index contributed by atoms with van der Waals surface area (Å²) in [7, 11) is -1.09. The Kier molecular flexibility index (Phi) is 4.25. The van der Waals surface area contributed by atoms with Gasteiger partial charge in [-0.15, -0.1) is 0 Å². The fourth-order valence-electron chi connectivity index (χ4n) is 1.70. The quantitative estimate of drug-likeness (QED) is 0.672. The van der Waals surface area contributed by atoms with Crippen LogP contribution >= 0.6 is 11.6 Å². The zero-order valence-electron chi connectivity index (χ0n) is 12.4. The highest BCUT2D eigenvalue weighted by Crippen LogP contribution is 2.32. The first-order valence-corrected chi connectivity index (χ1v) is 8.83. The minimum absolute atomic E-state index is 0.000772. The van der Waals surface area contributed by atoms with Crippen LogP contribution in [0.4, 0.5) is 0 Å². The van der Waals surface area contributed by atoms with Gasteiger partial charge in [0.25, 0.3) is 9.04 Å². The number of aromatic nitrogens is 1. The number of hydrogen-bond acceptors (Lipinski definition) is 3. The van der Waals surface area contributed by atoms with E-state index in [0.717, 1.165) is 0 Å². The van der Waals surface area contributed by atoms with E-state index in [4.69, 9.17) is 21.1 Å². The van der Waals surface area contributed by atoms with Crippen molar-refractivity contribution in [1.29, 1.82) is 0 Å². The van der Waals surface area contributed by atoms with Gasteiger partial charge in [0.2, 0.25) is 0 Å². The number of carboxylic acids is 1. The fourth-order valence-corrected chi connectivity index (χ4v) is 2.72. The first-order chi connectivity index (χ1) is 9.70. The Balaban J connectivity index is 2.51. The minimum Gasteiger partial charge on any atom is -0.540 e. The average Bonchev–Trinajstić information content (AvgIpc) is 2.37. The highest BCUT2D eigenvalue weighted by atomic mass is 35.5. The second kappa shape index (κ2) is 5.65. The lowest BCUT2D eigenvalue weighted by Crippen LogP contribution is -2.29. The number of fused-ring (bicyclic) bond motifs is 1. The third-order valence-electron chi connectivity index (χ3n) is 3.31. The molecule has 1 heterocycles. The summed E-state index contributed by atoms with van der Waals surface area (Å²) in [6.45, 7) is 8.50. The lowest BCUT2D eigenvalue weighted by Gasteiger charge is -2.25. The van der Waals surface area contributed by atoms with Crippen LogP contribution in [0.5, 0.6) is 5.75 Å². The van der Waals surface area contributed by atoms with Crippen LogP contribution in [0.15, 0.2) is 24.3 Å². The lowest BCUT2D eigenvalue weighted by molar-refractivity contribution is 0.0697. The molecule has 111 valence electrons. The van der Waals surface area contributed by atoms with Crippen LogP contribution in [0, 0.1) is 0 Å². The van der Waals surface area contributed by atoms with Crippen molar-refractivity contribution in [2.75, 3.05) is 0 Å². The molecule has 0 aliphatic heterocycles. The summed E-state index contributed by atoms with van der Waals surface area (Å²) in [5.41, 5.74) is 0.597. The van der Waals surface area contributed by atoms with Gasteiger partial charge in [0.15, 0.2) is 0 Å². The van der Waals surface area contributed by atoms with Crippen LogP contribution < -0.4 is 4.43 Å². The Bertz CT molecular complexity index is 697. The number of para-hydroxylation sites is 1. The SMILES string of the molecule is C[Si](Oc1cccc2cc(C(=O)O)c(Cl)nc12)C(C)(C)C. The molecule has 2 rings (SSSR count). The Morgan fingerprint density at radius 1 is 1.38 bits per heavy atom. The van der Waals surface area contributed by atoms with Gasteiger partial charge < -0.3 is 9.53 Å². The number of pyridine rings is 1. The molecule has 4 nitrogen and oxygen atoms in total. The van der Waals surface area contributed by atoms with Crippen molar-refractivity contribution in [3.8, 4) is 5.75 Å². The molecular formula is C15H17ClNO3Si. The molecule has 0 fully saturated rings. The molecule has 2 aromatic rings. The molecule has 0 saturated carbocycles. The van der Waals surface area contributed by atoms with Gasteiger partial charge in [-0.25, -0.2) is 9.78 Å². The van der Waals surface area contributed by atoms with Gasteiger partial charge in [-0.3, -0.25) is 0 Å². The second-order valence-electron chi connectivity index (χ2n) is 5.87. The first-order valence-electron chi connectivity index (χ1n) is 6.54. The normalized spacial score (nSPS) is 11.9. The average molecular weight is 323 g/mol. The molecule has 0 unspecified atom stereocenters. The van der Waals surface area contributed by atoms with Crippen molar-refractivity contribution in [2.45, 2.75) is 32.4 Å². The molecule has 1 aromatic carbocycles. The maximum atomic E-state index is 11.1. The molecule has 21 heavy (non-hydrogen) atoms. The van der Waals surface area contributed by atoms with E-state index in [9.17, 15) is 4.79 Å². The molecule has 0 aliphatic rings. The standard InChI is InChI=1S/C15H17ClNO3Si/c1-15(2,3)21(4)20-11-7-5-6-9-8-10(14(18)19)13(16)17-12(9)11/h5-8H,1-4H3,(H,18,19). The smallest absolute Gasteiger partial charge is 0.338 e. The van der Waals surface area contributed by atoms with Crippen LogP contribution in [0.2, 0.25) is 16.7 Å². The van der Waals surface area contributed by atoms with Crippen LogP contribution in [-0.2, 0) is 0 Å². The molecule has 0 atom stereocenters. The number of hydrogen-bond donors (Lipinski definition) is 1. The summed E-state index contributed by atoms with van der Waals surface area (Å²) in [6.07, 6.45) is 0. The molecule has 6 heteroatoms. The summed E-state index contributed by atoms with van der Waals surface area (Å²) < 4.78 is 6.08. The number of carboxylic acid groups (broad SMARTS) is 1. The molecule has 0 spiro atoms. The number of carbonyl (C=O) groups is 1. The van der Waals surface area contributed by atoms with Crippen molar-refractivity contribution in [3.63, 3.8) is 0 Å². The van der Waals surface area contributed by atoms with Gasteiger partial charge in [0.1, 0.15) is 16.4 Å². The predicted molar refractivity (Wildman–Crippen MR) is 85.7 cm³/mol. The zero-order valence-corrected chi connectivity index (χ0v) is 14.2. The minimum atomic E-state index is -1.09. The Morgan fingerprint density at radius 2 is 2.05 bits per heavy atom. The van der Waals surface area contributed by atoms with Crippen molar-refractivity contribution in [1.82, 2.24) is 4.98 Å². The molecule has 1 aromatic heterocycles. The molecule has 0 aliphatic carbocycles. The summed E-state index contributed by atoms with van der Waals surface area (Å²) >= 11 is 5.96. The largest absolute Gasteiger partial charge is 0.540 e. The summed E-state index contributed by atoms with van der Waals surface area (Å²) in [5, 5.41) is 9.86. The van der Waals surface area contributed by atoms with Gasteiger partial charge in [-0.1, -0.05) is 44.5 Å². The number of halogens is 1. The van der Waals surface area contributed by atoms with Crippen LogP contribution in [0.25, 0.3) is 10.9 Å². The Hall–Kier alpha value is -1.59. The fraction of sp³-hybridized carbons (Fsp3) is 0.333. The van der Waals surface area contributed by atoms with Gasteiger partial charge in [-0.05, 0) is 23.7 Å². The van der Waals surface area contributed by atoms with Crippen LogP contribution in [0.3, 0.4) is 0 Å². The third-order valence-corrected chi connectivity index (χ3v) is 6.24. The molecule has 0 bridgehead atoms. The van der Waals surface area contributed by atoms with Gasteiger partial charge in [0.05, 0.1) is 5.56 Å². The molecular weight excluding hydrogens is 306 g/mol. The van der Waals surface area contributed by atoms with Crippen molar-refractivity contribution in [2.24, 2.45) is 0 Å². The number of nitrogens with zero attached hydrogens (tertiary/aromatic N) is 1. The number of rotatable bonds is 3. The van der Waals surface area contributed by atoms with E-state index >= 15 is 0 Å². The molecule has 1 radical (unpaired) electrons. The molecule has 1 N–H and O–H groups in total. The van der Waals surface area contributed by atoms with E-state index in [1.54, 1.807) is 6.07 Å². The van der Waals surface area contributed by atoms with Crippen molar-refractivity contribution < 1.29 is 14.3 Å². The van der Waals surface area contributed by atoms with Crippen LogP contribution in [0.1, 0.15) is 31.1 Å². The topological polar surface area (TPSA) is 59.4 Å². The Morgan fingerprint density at radius 3 is 2.62 bits per heavy atom. The molecule has 0 amide bonds. The van der Waals surface area contributed by atoms with E-state index in [1.165, 1.54) is 6.07 Å². The van der Waals surface area contributed by atoms with Gasteiger partial charge in [-0.2, -0.15) is 0 Å². The van der Waals surface area contributed by atoms with E-state index in [-0.39, 0.29) is 15.8 Å². The summed E-state index contributed by atoms with van der Waals surface area (Å²) in [5.74, 6) is -0.437. The number of aromatic carboxylic acids is 1. The first kappa shape index (κ1) is 15.8. The van der Waals surface area contributed by atoms with Crippen LogP contribution in [-0.4, -0.2) is 25.1 Å². The lowest BCUT2D eigenvalue weighted by atomic mass is 10.1. The zero-order chi connectivity index (χ0) is 15.8. The van der Waals surface area contributed by atoms with Crippen molar-refractivity contribution in [3.05, 3.63) is 35.0 Å². The Labute approximate surface area is 130 Å². The summed E-state index contributed by atoms with van der Waals surface area (Å²) in [4.78, 5) is 15.3.